The average Bonchev–Trinajstić information content (AvgIpc) is 2.28. The lowest BCUT2D eigenvalue weighted by atomic mass is 10.1. The molecule has 0 heterocycles. The molecule has 0 bridgehead atoms. The highest BCUT2D eigenvalue weighted by molar-refractivity contribution is 5.95. The van der Waals surface area contributed by atoms with E-state index in [1.807, 2.05) is 45.2 Å². The summed E-state index contributed by atoms with van der Waals surface area (Å²) >= 11 is 0. The highest BCUT2D eigenvalue weighted by Gasteiger charge is 2.14. The van der Waals surface area contributed by atoms with Crippen LogP contribution in [0.1, 0.15) is 22.8 Å². The Hall–Kier alpha value is -1.35. The Morgan fingerprint density at radius 1 is 1.44 bits per heavy atom. The molecule has 0 aliphatic rings. The van der Waals surface area contributed by atoms with E-state index in [0.29, 0.717) is 19.0 Å². The number of aryl methyl sites for hydroxylation is 1. The number of amides is 1. The molecule has 88 valence electrons. The van der Waals surface area contributed by atoms with Crippen molar-refractivity contribution in [3.05, 3.63) is 35.4 Å². The van der Waals surface area contributed by atoms with Crippen LogP contribution in [0.5, 0.6) is 0 Å². The molecule has 0 saturated carbocycles. The molecule has 3 heteroatoms. The first-order valence-corrected chi connectivity index (χ1v) is 5.57. The molecule has 1 rings (SSSR count). The van der Waals surface area contributed by atoms with Gasteiger partial charge in [0.25, 0.3) is 5.91 Å². The van der Waals surface area contributed by atoms with Crippen molar-refractivity contribution in [3.63, 3.8) is 0 Å². The first-order valence-electron chi connectivity index (χ1n) is 5.57. The van der Waals surface area contributed by atoms with Gasteiger partial charge in [0.2, 0.25) is 0 Å². The number of carbonyl (C=O) groups excluding carboxylic acids is 1. The van der Waals surface area contributed by atoms with Crippen molar-refractivity contribution in [2.45, 2.75) is 13.8 Å². The Balaban J connectivity index is 2.75. The van der Waals surface area contributed by atoms with E-state index in [1.165, 1.54) is 0 Å². The predicted octanol–water partition coefficient (Wildman–Crippen LogP) is 1.66. The summed E-state index contributed by atoms with van der Waals surface area (Å²) in [6, 6.07) is 7.64. The lowest BCUT2D eigenvalue weighted by Crippen LogP contribution is -2.33. The predicted molar refractivity (Wildman–Crippen MR) is 66.4 cm³/mol. The van der Waals surface area contributed by atoms with E-state index in [1.54, 1.807) is 4.90 Å². The van der Waals surface area contributed by atoms with Crippen LogP contribution in [0.3, 0.4) is 0 Å². The molecule has 0 fully saturated rings. The van der Waals surface area contributed by atoms with Crippen molar-refractivity contribution in [3.8, 4) is 0 Å². The third-order valence-electron chi connectivity index (χ3n) is 2.71. The Kier molecular flexibility index (Phi) is 4.50. The lowest BCUT2D eigenvalue weighted by Gasteiger charge is -2.21. The van der Waals surface area contributed by atoms with Gasteiger partial charge in [-0.15, -0.1) is 0 Å². The van der Waals surface area contributed by atoms with Crippen LogP contribution in [0.4, 0.5) is 0 Å². The number of benzene rings is 1. The summed E-state index contributed by atoms with van der Waals surface area (Å²) in [4.78, 5) is 13.8. The maximum absolute atomic E-state index is 12.1. The molecular weight excluding hydrogens is 200 g/mol. The molecule has 1 aromatic carbocycles. The van der Waals surface area contributed by atoms with Crippen molar-refractivity contribution >= 4 is 5.91 Å². The van der Waals surface area contributed by atoms with Gasteiger partial charge in [-0.25, -0.2) is 0 Å². The summed E-state index contributed by atoms with van der Waals surface area (Å²) in [7, 11) is 1.82. The highest BCUT2D eigenvalue weighted by Crippen LogP contribution is 2.10. The zero-order valence-corrected chi connectivity index (χ0v) is 10.2. The number of nitrogens with zero attached hydrogens (tertiary/aromatic N) is 1. The van der Waals surface area contributed by atoms with Crippen LogP contribution in [-0.4, -0.2) is 30.9 Å². The van der Waals surface area contributed by atoms with Gasteiger partial charge in [-0.3, -0.25) is 4.79 Å². The Bertz CT molecular complexity index is 363. The van der Waals surface area contributed by atoms with E-state index in [0.717, 1.165) is 11.1 Å². The number of hydrogen-bond donors (Lipinski definition) is 1. The van der Waals surface area contributed by atoms with Crippen LogP contribution in [0.15, 0.2) is 24.3 Å². The van der Waals surface area contributed by atoms with Gasteiger partial charge in [-0.1, -0.05) is 25.1 Å². The first-order chi connectivity index (χ1) is 7.56. The van der Waals surface area contributed by atoms with Crippen molar-refractivity contribution < 1.29 is 4.79 Å². The maximum atomic E-state index is 12.1. The molecule has 2 N–H and O–H groups in total. The lowest BCUT2D eigenvalue weighted by molar-refractivity contribution is 0.0776. The second-order valence-corrected chi connectivity index (χ2v) is 4.34. The topological polar surface area (TPSA) is 46.3 Å². The monoisotopic (exact) mass is 220 g/mol. The zero-order chi connectivity index (χ0) is 12.1. The van der Waals surface area contributed by atoms with Crippen molar-refractivity contribution in [2.75, 3.05) is 20.1 Å². The van der Waals surface area contributed by atoms with Gasteiger partial charge in [0.1, 0.15) is 0 Å². The minimum atomic E-state index is 0.0680. The Morgan fingerprint density at radius 2 is 2.06 bits per heavy atom. The molecule has 1 unspecified atom stereocenters. The van der Waals surface area contributed by atoms with Crippen LogP contribution in [0.25, 0.3) is 0 Å². The van der Waals surface area contributed by atoms with Gasteiger partial charge in [0.15, 0.2) is 0 Å². The zero-order valence-electron chi connectivity index (χ0n) is 10.2. The Labute approximate surface area is 97.2 Å². The molecule has 0 aliphatic carbocycles. The molecule has 3 nitrogen and oxygen atoms in total. The molecule has 0 radical (unpaired) electrons. The fraction of sp³-hybridized carbons (Fsp3) is 0.462. The van der Waals surface area contributed by atoms with E-state index < -0.39 is 0 Å². The molecule has 0 saturated heterocycles. The summed E-state index contributed by atoms with van der Waals surface area (Å²) in [5.41, 5.74) is 7.34. The Morgan fingerprint density at radius 3 is 2.62 bits per heavy atom. The molecule has 16 heavy (non-hydrogen) atoms. The van der Waals surface area contributed by atoms with Gasteiger partial charge >= 0.3 is 0 Å². The van der Waals surface area contributed by atoms with Crippen LogP contribution >= 0.6 is 0 Å². The van der Waals surface area contributed by atoms with E-state index in [9.17, 15) is 4.79 Å². The van der Waals surface area contributed by atoms with E-state index in [4.69, 9.17) is 5.73 Å². The highest BCUT2D eigenvalue weighted by atomic mass is 16.2. The minimum absolute atomic E-state index is 0.0680. The van der Waals surface area contributed by atoms with E-state index >= 15 is 0 Å². The normalized spacial score (nSPS) is 12.2. The summed E-state index contributed by atoms with van der Waals surface area (Å²) in [6.07, 6.45) is 0. The fourth-order valence-electron chi connectivity index (χ4n) is 1.64. The molecule has 1 atom stereocenters. The summed E-state index contributed by atoms with van der Waals surface area (Å²) in [6.45, 7) is 5.30. The quantitative estimate of drug-likeness (QED) is 0.839. The van der Waals surface area contributed by atoms with E-state index in [2.05, 4.69) is 0 Å². The van der Waals surface area contributed by atoms with Crippen molar-refractivity contribution in [2.24, 2.45) is 11.7 Å². The number of carbonyl (C=O) groups is 1. The molecule has 0 spiro atoms. The van der Waals surface area contributed by atoms with Crippen molar-refractivity contribution in [1.29, 1.82) is 0 Å². The van der Waals surface area contributed by atoms with Gasteiger partial charge in [0.05, 0.1) is 0 Å². The summed E-state index contributed by atoms with van der Waals surface area (Å²) < 4.78 is 0. The third kappa shape index (κ3) is 3.07. The summed E-state index contributed by atoms with van der Waals surface area (Å²) in [5, 5.41) is 0. The second-order valence-electron chi connectivity index (χ2n) is 4.34. The third-order valence-corrected chi connectivity index (χ3v) is 2.71. The van der Waals surface area contributed by atoms with Crippen LogP contribution < -0.4 is 5.73 Å². The SMILES string of the molecule is Cc1ccccc1C(=O)N(C)CC(C)CN. The van der Waals surface area contributed by atoms with Crippen molar-refractivity contribution in [1.82, 2.24) is 4.90 Å². The van der Waals surface area contributed by atoms with Crippen LogP contribution in [-0.2, 0) is 0 Å². The number of nitrogens with two attached hydrogens (primary N) is 1. The fourth-order valence-corrected chi connectivity index (χ4v) is 1.64. The van der Waals surface area contributed by atoms with E-state index in [-0.39, 0.29) is 5.91 Å². The van der Waals surface area contributed by atoms with Gasteiger partial charge < -0.3 is 10.6 Å². The average molecular weight is 220 g/mol. The molecule has 1 aromatic rings. The van der Waals surface area contributed by atoms with Gasteiger partial charge in [-0.2, -0.15) is 0 Å². The molecule has 0 aromatic heterocycles. The van der Waals surface area contributed by atoms with Gasteiger partial charge in [-0.05, 0) is 31.0 Å². The summed E-state index contributed by atoms with van der Waals surface area (Å²) in [5.74, 6) is 0.399. The van der Waals surface area contributed by atoms with Crippen LogP contribution in [0.2, 0.25) is 0 Å². The number of rotatable bonds is 4. The minimum Gasteiger partial charge on any atom is -0.341 e. The standard InChI is InChI=1S/C13H20N2O/c1-10(8-14)9-15(3)13(16)12-7-5-4-6-11(12)2/h4-7,10H,8-9,14H2,1-3H3. The second kappa shape index (κ2) is 5.66. The number of hydrogen-bond acceptors (Lipinski definition) is 2. The van der Waals surface area contributed by atoms with Gasteiger partial charge in [0, 0.05) is 19.2 Å². The smallest absolute Gasteiger partial charge is 0.253 e. The largest absolute Gasteiger partial charge is 0.341 e. The molecule has 1 amide bonds. The van der Waals surface area contributed by atoms with Crippen LogP contribution in [0, 0.1) is 12.8 Å². The maximum Gasteiger partial charge on any atom is 0.253 e. The molecular formula is C13H20N2O. The molecule has 0 aliphatic heterocycles. The first kappa shape index (κ1) is 12.7.